The second kappa shape index (κ2) is 7.90. The number of nitrogens with zero attached hydrogens (tertiary/aromatic N) is 2. The first kappa shape index (κ1) is 17.9. The van der Waals surface area contributed by atoms with E-state index in [9.17, 15) is 14.9 Å². The highest BCUT2D eigenvalue weighted by molar-refractivity contribution is 7.09. The minimum Gasteiger partial charge on any atom is -0.496 e. The molecule has 0 aliphatic rings. The van der Waals surface area contributed by atoms with Crippen molar-refractivity contribution in [3.63, 3.8) is 0 Å². The molecule has 2 aromatic rings. The predicted octanol–water partition coefficient (Wildman–Crippen LogP) is 3.15. The van der Waals surface area contributed by atoms with E-state index >= 15 is 0 Å². The molecule has 1 aromatic heterocycles. The fraction of sp³-hybridized carbons (Fsp3) is 0.250. The lowest BCUT2D eigenvalue weighted by Gasteiger charge is -2.10. The maximum atomic E-state index is 12.2. The van der Waals surface area contributed by atoms with Crippen LogP contribution in [0.5, 0.6) is 5.75 Å². The van der Waals surface area contributed by atoms with E-state index in [0.717, 1.165) is 5.69 Å². The summed E-state index contributed by atoms with van der Waals surface area (Å²) in [6.07, 6.45) is 0. The van der Waals surface area contributed by atoms with Crippen molar-refractivity contribution in [1.82, 2.24) is 4.98 Å². The molecule has 0 fully saturated rings. The Morgan fingerprint density at radius 1 is 1.46 bits per heavy atom. The van der Waals surface area contributed by atoms with Gasteiger partial charge in [0.1, 0.15) is 16.3 Å². The molecule has 0 N–H and O–H groups in total. The Morgan fingerprint density at radius 3 is 2.79 bits per heavy atom. The van der Waals surface area contributed by atoms with Crippen LogP contribution in [0.15, 0.2) is 23.6 Å². The molecule has 0 bridgehead atoms. The molecule has 0 saturated carbocycles. The number of benzene rings is 1. The summed E-state index contributed by atoms with van der Waals surface area (Å²) >= 11 is 7.07. The van der Waals surface area contributed by atoms with Gasteiger partial charge in [-0.25, -0.2) is 9.78 Å². The lowest BCUT2D eigenvalue weighted by molar-refractivity contribution is -0.122. The van der Waals surface area contributed by atoms with Crippen LogP contribution in [0.4, 0.5) is 0 Å². The van der Waals surface area contributed by atoms with Crippen molar-refractivity contribution in [1.29, 1.82) is 5.26 Å². The van der Waals surface area contributed by atoms with Gasteiger partial charge in [0, 0.05) is 16.1 Å². The smallest absolute Gasteiger partial charge is 0.342 e. The molecule has 1 aromatic carbocycles. The lowest BCUT2D eigenvalue weighted by atomic mass is 10.1. The summed E-state index contributed by atoms with van der Waals surface area (Å²) in [6, 6.07) is 6.37. The van der Waals surface area contributed by atoms with Crippen molar-refractivity contribution < 1.29 is 19.1 Å². The molecule has 124 valence electrons. The second-order valence-electron chi connectivity index (χ2n) is 4.78. The van der Waals surface area contributed by atoms with Crippen molar-refractivity contribution in [2.75, 3.05) is 13.7 Å². The number of Topliss-reactive ketones (excluding diaryl/α,β-unsaturated/α-hetero) is 1. The summed E-state index contributed by atoms with van der Waals surface area (Å²) in [4.78, 5) is 28.4. The quantitative estimate of drug-likeness (QED) is 0.731. The van der Waals surface area contributed by atoms with E-state index in [1.807, 2.05) is 6.07 Å². The minimum absolute atomic E-state index is 0.108. The number of hydrogen-bond donors (Lipinski definition) is 0. The second-order valence-corrected chi connectivity index (χ2v) is 6.10. The Morgan fingerprint density at radius 2 is 2.21 bits per heavy atom. The van der Waals surface area contributed by atoms with Crippen LogP contribution in [-0.2, 0) is 9.53 Å². The van der Waals surface area contributed by atoms with Gasteiger partial charge in [0.15, 0.2) is 18.3 Å². The molecule has 1 atom stereocenters. The molecule has 2 rings (SSSR count). The van der Waals surface area contributed by atoms with E-state index in [0.29, 0.717) is 10.0 Å². The van der Waals surface area contributed by atoms with E-state index in [-0.39, 0.29) is 11.3 Å². The Hall–Kier alpha value is -2.43. The van der Waals surface area contributed by atoms with Crippen molar-refractivity contribution >= 4 is 34.7 Å². The van der Waals surface area contributed by atoms with E-state index in [4.69, 9.17) is 21.1 Å². The SMILES string of the molecule is COc1ccc(Cl)cc1C(=O)OCC(=O)[C@H](C#N)c1nc(C)cs1. The number of hydrogen-bond acceptors (Lipinski definition) is 7. The highest BCUT2D eigenvalue weighted by Crippen LogP contribution is 2.24. The summed E-state index contributed by atoms with van der Waals surface area (Å²) in [5.74, 6) is -2.07. The Bertz CT molecular complexity index is 813. The van der Waals surface area contributed by atoms with E-state index in [1.54, 1.807) is 18.4 Å². The van der Waals surface area contributed by atoms with E-state index in [2.05, 4.69) is 4.98 Å². The molecule has 8 heteroatoms. The molecule has 0 amide bonds. The molecule has 6 nitrogen and oxygen atoms in total. The number of aryl methyl sites for hydroxylation is 1. The summed E-state index contributed by atoms with van der Waals surface area (Å²) in [5.41, 5.74) is 0.833. The van der Waals surface area contributed by atoms with Gasteiger partial charge in [-0.3, -0.25) is 4.79 Å². The van der Waals surface area contributed by atoms with Gasteiger partial charge in [0.25, 0.3) is 0 Å². The first-order valence-electron chi connectivity index (χ1n) is 6.81. The van der Waals surface area contributed by atoms with Gasteiger partial charge in [-0.1, -0.05) is 11.6 Å². The molecule has 0 unspecified atom stereocenters. The zero-order chi connectivity index (χ0) is 17.7. The zero-order valence-corrected chi connectivity index (χ0v) is 14.5. The number of halogens is 1. The third-order valence-electron chi connectivity index (χ3n) is 3.06. The number of nitriles is 1. The maximum absolute atomic E-state index is 12.2. The van der Waals surface area contributed by atoms with Gasteiger partial charge < -0.3 is 9.47 Å². The number of carbonyl (C=O) groups excluding carboxylic acids is 2. The van der Waals surface area contributed by atoms with Crippen LogP contribution in [0.25, 0.3) is 0 Å². The standard InChI is InChI=1S/C16H13ClN2O4S/c1-9-8-24-15(19-9)12(6-18)13(20)7-23-16(21)11-5-10(17)3-4-14(11)22-2/h3-5,8,12H,7H2,1-2H3/t12-/m0/s1. The highest BCUT2D eigenvalue weighted by atomic mass is 35.5. The van der Waals surface area contributed by atoms with Crippen molar-refractivity contribution in [3.05, 3.63) is 44.9 Å². The first-order chi connectivity index (χ1) is 11.5. The summed E-state index contributed by atoms with van der Waals surface area (Å²) in [7, 11) is 1.40. The Kier molecular flexibility index (Phi) is 5.90. The maximum Gasteiger partial charge on any atom is 0.342 e. The molecule has 0 spiro atoms. The number of aromatic nitrogens is 1. The number of esters is 1. The number of methoxy groups -OCH3 is 1. The summed E-state index contributed by atoms with van der Waals surface area (Å²) < 4.78 is 10.1. The Labute approximate surface area is 147 Å². The summed E-state index contributed by atoms with van der Waals surface area (Å²) in [6.45, 7) is 1.23. The third-order valence-corrected chi connectivity index (χ3v) is 4.32. The van der Waals surface area contributed by atoms with Crippen molar-refractivity contribution in [2.45, 2.75) is 12.8 Å². The number of carbonyl (C=O) groups is 2. The summed E-state index contributed by atoms with van der Waals surface area (Å²) in [5, 5.41) is 11.6. The molecular weight excluding hydrogens is 352 g/mol. The molecule has 0 radical (unpaired) electrons. The highest BCUT2D eigenvalue weighted by Gasteiger charge is 2.25. The first-order valence-corrected chi connectivity index (χ1v) is 8.07. The average Bonchev–Trinajstić information content (AvgIpc) is 2.99. The fourth-order valence-corrected chi connectivity index (χ4v) is 2.94. The van der Waals surface area contributed by atoms with Gasteiger partial charge in [-0.2, -0.15) is 5.26 Å². The molecular formula is C16H13ClN2O4S. The minimum atomic E-state index is -1.06. The normalized spacial score (nSPS) is 11.4. The molecule has 1 heterocycles. The molecule has 0 aliphatic carbocycles. The van der Waals surface area contributed by atoms with Crippen LogP contribution in [0, 0.1) is 18.3 Å². The zero-order valence-electron chi connectivity index (χ0n) is 12.9. The number of ketones is 1. The number of rotatable bonds is 6. The molecule has 0 aliphatic heterocycles. The van der Waals surface area contributed by atoms with E-state index < -0.39 is 24.3 Å². The van der Waals surface area contributed by atoms with Crippen LogP contribution < -0.4 is 4.74 Å². The lowest BCUT2D eigenvalue weighted by Crippen LogP contribution is -2.20. The van der Waals surface area contributed by atoms with Crippen LogP contribution in [0.1, 0.15) is 27.0 Å². The van der Waals surface area contributed by atoms with Crippen LogP contribution >= 0.6 is 22.9 Å². The average molecular weight is 365 g/mol. The topological polar surface area (TPSA) is 89.3 Å². The largest absolute Gasteiger partial charge is 0.496 e. The van der Waals surface area contributed by atoms with Gasteiger partial charge in [-0.15, -0.1) is 11.3 Å². The molecule has 0 saturated heterocycles. The monoisotopic (exact) mass is 364 g/mol. The number of ether oxygens (including phenoxy) is 2. The Balaban J connectivity index is 2.07. The van der Waals surface area contributed by atoms with Gasteiger partial charge >= 0.3 is 5.97 Å². The van der Waals surface area contributed by atoms with Gasteiger partial charge in [0.05, 0.1) is 13.2 Å². The van der Waals surface area contributed by atoms with Crippen LogP contribution in [0.3, 0.4) is 0 Å². The number of thiazole rings is 1. The molecule has 24 heavy (non-hydrogen) atoms. The fourth-order valence-electron chi connectivity index (χ4n) is 1.91. The van der Waals surface area contributed by atoms with Crippen LogP contribution in [-0.4, -0.2) is 30.5 Å². The van der Waals surface area contributed by atoms with Crippen molar-refractivity contribution in [3.8, 4) is 11.8 Å². The predicted molar refractivity (Wildman–Crippen MR) is 88.5 cm³/mol. The van der Waals surface area contributed by atoms with E-state index in [1.165, 1.54) is 30.6 Å². The third kappa shape index (κ3) is 4.10. The van der Waals surface area contributed by atoms with Gasteiger partial charge in [0.2, 0.25) is 0 Å². The van der Waals surface area contributed by atoms with Crippen LogP contribution in [0.2, 0.25) is 5.02 Å². The van der Waals surface area contributed by atoms with Gasteiger partial charge in [-0.05, 0) is 25.1 Å². The van der Waals surface area contributed by atoms with Crippen molar-refractivity contribution in [2.24, 2.45) is 0 Å².